The molecule has 0 bridgehead atoms. The molecule has 3 nitrogen and oxygen atoms in total. The molecule has 1 saturated heterocycles. The molecule has 0 amide bonds. The molecule has 0 aliphatic carbocycles. The molecule has 0 spiro atoms. The second-order valence-corrected chi connectivity index (χ2v) is 2.22. The Morgan fingerprint density at radius 1 is 1.78 bits per heavy atom. The molecule has 0 aromatic heterocycles. The number of rotatable bonds is 1. The number of ether oxygens (including phenoxy) is 1. The molecule has 3 heteroatoms. The second kappa shape index (κ2) is 3.15. The molecule has 1 unspecified atom stereocenters. The van der Waals surface area contributed by atoms with Gasteiger partial charge in [-0.05, 0) is 6.54 Å². The Labute approximate surface area is 55.2 Å². The third-order valence-electron chi connectivity index (χ3n) is 1.58. The van der Waals surface area contributed by atoms with Crippen LogP contribution in [0.1, 0.15) is 6.92 Å². The summed E-state index contributed by atoms with van der Waals surface area (Å²) < 4.78 is 4.92. The van der Waals surface area contributed by atoms with Crippen molar-refractivity contribution in [2.45, 2.75) is 13.2 Å². The summed E-state index contributed by atoms with van der Waals surface area (Å²) >= 11 is 0. The Morgan fingerprint density at radius 2 is 2.56 bits per heavy atom. The van der Waals surface area contributed by atoms with E-state index in [1.807, 2.05) is 0 Å². The van der Waals surface area contributed by atoms with Crippen LogP contribution in [-0.2, 0) is 4.74 Å². The van der Waals surface area contributed by atoms with E-state index in [0.717, 1.165) is 13.1 Å². The van der Waals surface area contributed by atoms with Crippen molar-refractivity contribution < 1.29 is 9.84 Å². The Hall–Kier alpha value is -0.120. The van der Waals surface area contributed by atoms with E-state index in [2.05, 4.69) is 11.8 Å². The van der Waals surface area contributed by atoms with Crippen molar-refractivity contribution >= 4 is 0 Å². The lowest BCUT2D eigenvalue weighted by Crippen LogP contribution is -2.41. The van der Waals surface area contributed by atoms with Crippen LogP contribution in [0.25, 0.3) is 0 Å². The summed E-state index contributed by atoms with van der Waals surface area (Å²) in [6.45, 7) is 5.36. The zero-order valence-electron chi connectivity index (χ0n) is 5.71. The number of nitrogens with zero attached hydrogens (tertiary/aromatic N) is 1. The highest BCUT2D eigenvalue weighted by Gasteiger charge is 2.15. The van der Waals surface area contributed by atoms with Crippen molar-refractivity contribution in [2.24, 2.45) is 0 Å². The van der Waals surface area contributed by atoms with Gasteiger partial charge in [-0.1, -0.05) is 6.92 Å². The predicted octanol–water partition coefficient (Wildman–Crippen LogP) is -0.343. The van der Waals surface area contributed by atoms with Crippen molar-refractivity contribution in [3.8, 4) is 0 Å². The van der Waals surface area contributed by atoms with E-state index >= 15 is 0 Å². The minimum absolute atomic E-state index is 0.557. The van der Waals surface area contributed by atoms with E-state index in [1.54, 1.807) is 0 Å². The van der Waals surface area contributed by atoms with Gasteiger partial charge < -0.3 is 9.84 Å². The van der Waals surface area contributed by atoms with Gasteiger partial charge in [-0.15, -0.1) is 0 Å². The standard InChI is InChI=1S/C6H13NO2/c1-2-7-3-4-9-6(8)5-7/h6,8H,2-5H2,1H3. The molecule has 1 atom stereocenters. The molecule has 1 heterocycles. The topological polar surface area (TPSA) is 32.7 Å². The second-order valence-electron chi connectivity index (χ2n) is 2.22. The van der Waals surface area contributed by atoms with Crippen LogP contribution in [0.4, 0.5) is 0 Å². The van der Waals surface area contributed by atoms with Gasteiger partial charge in [-0.2, -0.15) is 0 Å². The Bertz CT molecular complexity index is 87.1. The molecule has 0 aromatic rings. The number of hydrogen-bond donors (Lipinski definition) is 1. The first-order valence-corrected chi connectivity index (χ1v) is 3.35. The largest absolute Gasteiger partial charge is 0.367 e. The van der Waals surface area contributed by atoms with E-state index < -0.39 is 6.29 Å². The van der Waals surface area contributed by atoms with E-state index in [1.165, 1.54) is 0 Å². The summed E-state index contributed by atoms with van der Waals surface area (Å²) in [4.78, 5) is 2.16. The van der Waals surface area contributed by atoms with Crippen molar-refractivity contribution in [3.63, 3.8) is 0 Å². The van der Waals surface area contributed by atoms with Crippen LogP contribution >= 0.6 is 0 Å². The van der Waals surface area contributed by atoms with E-state index in [-0.39, 0.29) is 0 Å². The van der Waals surface area contributed by atoms with Crippen LogP contribution in [0.3, 0.4) is 0 Å². The summed E-state index contributed by atoms with van der Waals surface area (Å²) in [5.41, 5.74) is 0. The fraction of sp³-hybridized carbons (Fsp3) is 1.00. The molecule has 54 valence electrons. The highest BCUT2D eigenvalue weighted by Crippen LogP contribution is 2.00. The van der Waals surface area contributed by atoms with Crippen molar-refractivity contribution in [1.82, 2.24) is 4.90 Å². The molecule has 1 rings (SSSR count). The first kappa shape index (κ1) is 6.99. The van der Waals surface area contributed by atoms with Gasteiger partial charge in [0, 0.05) is 13.1 Å². The summed E-state index contributed by atoms with van der Waals surface area (Å²) in [7, 11) is 0. The fourth-order valence-electron chi connectivity index (χ4n) is 0.970. The van der Waals surface area contributed by atoms with Crippen LogP contribution in [-0.4, -0.2) is 42.5 Å². The zero-order valence-corrected chi connectivity index (χ0v) is 5.71. The lowest BCUT2D eigenvalue weighted by molar-refractivity contribution is -0.145. The van der Waals surface area contributed by atoms with Crippen LogP contribution in [0.5, 0.6) is 0 Å². The molecule has 1 aliphatic rings. The molecular weight excluding hydrogens is 118 g/mol. The minimum atomic E-state index is -0.557. The summed E-state index contributed by atoms with van der Waals surface area (Å²) in [5.74, 6) is 0. The van der Waals surface area contributed by atoms with Crippen molar-refractivity contribution in [1.29, 1.82) is 0 Å². The monoisotopic (exact) mass is 131 g/mol. The van der Waals surface area contributed by atoms with Gasteiger partial charge in [-0.25, -0.2) is 0 Å². The average Bonchev–Trinajstić information content (AvgIpc) is 1.88. The van der Waals surface area contributed by atoms with Crippen molar-refractivity contribution in [3.05, 3.63) is 0 Å². The molecule has 1 N–H and O–H groups in total. The normalized spacial score (nSPS) is 30.7. The summed E-state index contributed by atoms with van der Waals surface area (Å²) in [6, 6.07) is 0. The molecule has 1 aliphatic heterocycles. The smallest absolute Gasteiger partial charge is 0.167 e. The van der Waals surface area contributed by atoms with Gasteiger partial charge >= 0.3 is 0 Å². The molecule has 1 fully saturated rings. The fourth-order valence-corrected chi connectivity index (χ4v) is 0.970. The third-order valence-corrected chi connectivity index (χ3v) is 1.58. The molecule has 0 radical (unpaired) electrons. The van der Waals surface area contributed by atoms with Gasteiger partial charge in [0.25, 0.3) is 0 Å². The predicted molar refractivity (Wildman–Crippen MR) is 34.1 cm³/mol. The first-order valence-electron chi connectivity index (χ1n) is 3.35. The van der Waals surface area contributed by atoms with Crippen LogP contribution < -0.4 is 0 Å². The number of aliphatic hydroxyl groups excluding tert-OH is 1. The Kier molecular flexibility index (Phi) is 2.45. The summed E-state index contributed by atoms with van der Waals surface area (Å²) in [6.07, 6.45) is -0.557. The maximum Gasteiger partial charge on any atom is 0.167 e. The number of β-amino-alcohol motifs (C(OH)–C–C–N with tert-alkyl or cyclic N) is 1. The van der Waals surface area contributed by atoms with E-state index in [0.29, 0.717) is 13.2 Å². The molecule has 0 saturated carbocycles. The first-order chi connectivity index (χ1) is 4.33. The quantitative estimate of drug-likeness (QED) is 0.528. The molecular formula is C6H13NO2. The number of likely N-dealkylation sites (N-methyl/N-ethyl adjacent to an activating group) is 1. The van der Waals surface area contributed by atoms with E-state index in [4.69, 9.17) is 9.84 Å². The summed E-state index contributed by atoms with van der Waals surface area (Å²) in [5, 5.41) is 8.95. The average molecular weight is 131 g/mol. The number of morpholine rings is 1. The Balaban J connectivity index is 2.23. The van der Waals surface area contributed by atoms with Gasteiger partial charge in [0.2, 0.25) is 0 Å². The minimum Gasteiger partial charge on any atom is -0.367 e. The highest BCUT2D eigenvalue weighted by molar-refractivity contribution is 4.61. The van der Waals surface area contributed by atoms with Gasteiger partial charge in [-0.3, -0.25) is 4.90 Å². The highest BCUT2D eigenvalue weighted by atomic mass is 16.6. The van der Waals surface area contributed by atoms with Gasteiger partial charge in [0.1, 0.15) is 0 Å². The SMILES string of the molecule is CCN1CCOC(O)C1. The third kappa shape index (κ3) is 1.93. The maximum absolute atomic E-state index is 8.95. The van der Waals surface area contributed by atoms with Crippen LogP contribution in [0.15, 0.2) is 0 Å². The molecule has 9 heavy (non-hydrogen) atoms. The van der Waals surface area contributed by atoms with Gasteiger partial charge in [0.15, 0.2) is 6.29 Å². The van der Waals surface area contributed by atoms with E-state index in [9.17, 15) is 0 Å². The number of aliphatic hydroxyl groups is 1. The zero-order chi connectivity index (χ0) is 6.69. The maximum atomic E-state index is 8.95. The Morgan fingerprint density at radius 3 is 3.00 bits per heavy atom. The van der Waals surface area contributed by atoms with Crippen LogP contribution in [0.2, 0.25) is 0 Å². The van der Waals surface area contributed by atoms with Crippen molar-refractivity contribution in [2.75, 3.05) is 26.2 Å². The lowest BCUT2D eigenvalue weighted by Gasteiger charge is -2.28. The van der Waals surface area contributed by atoms with Gasteiger partial charge in [0.05, 0.1) is 6.61 Å². The lowest BCUT2D eigenvalue weighted by atomic mass is 10.4. The van der Waals surface area contributed by atoms with Crippen LogP contribution in [0, 0.1) is 0 Å². The molecule has 0 aromatic carbocycles. The number of hydrogen-bond acceptors (Lipinski definition) is 3.